The summed E-state index contributed by atoms with van der Waals surface area (Å²) in [5.41, 5.74) is 7.48. The Hall–Kier alpha value is -2.80. The van der Waals surface area contributed by atoms with Crippen LogP contribution in [0.2, 0.25) is 0 Å². The minimum absolute atomic E-state index is 1.22. The summed E-state index contributed by atoms with van der Waals surface area (Å²) in [6.07, 6.45) is 2.22. The van der Waals surface area contributed by atoms with Gasteiger partial charge in [0.25, 0.3) is 0 Å². The van der Waals surface area contributed by atoms with Crippen molar-refractivity contribution >= 4 is 5.52 Å². The van der Waals surface area contributed by atoms with Gasteiger partial charge in [-0.3, -0.25) is 0 Å². The Labute approximate surface area is 130 Å². The van der Waals surface area contributed by atoms with Crippen LogP contribution < -0.4 is 0 Å². The third-order valence-electron chi connectivity index (χ3n) is 4.05. The van der Waals surface area contributed by atoms with E-state index in [4.69, 9.17) is 0 Å². The smallest absolute Gasteiger partial charge is 0.0528 e. The molecule has 22 heavy (non-hydrogen) atoms. The van der Waals surface area contributed by atoms with E-state index in [-0.39, 0.29) is 0 Å². The molecule has 0 spiro atoms. The fourth-order valence-electron chi connectivity index (χ4n) is 2.96. The van der Waals surface area contributed by atoms with Crippen LogP contribution in [0.25, 0.3) is 27.9 Å². The van der Waals surface area contributed by atoms with Crippen molar-refractivity contribution in [2.24, 2.45) is 0 Å². The Kier molecular flexibility index (Phi) is 3.05. The highest BCUT2D eigenvalue weighted by atomic mass is 14.9. The molecule has 0 radical (unpaired) electrons. The van der Waals surface area contributed by atoms with E-state index in [2.05, 4.69) is 96.4 Å². The van der Waals surface area contributed by atoms with Gasteiger partial charge in [0.2, 0.25) is 0 Å². The van der Waals surface area contributed by atoms with Gasteiger partial charge >= 0.3 is 0 Å². The van der Waals surface area contributed by atoms with Crippen molar-refractivity contribution < 1.29 is 0 Å². The third kappa shape index (κ3) is 2.21. The maximum Gasteiger partial charge on any atom is 0.0528 e. The first-order valence-corrected chi connectivity index (χ1v) is 7.55. The Morgan fingerprint density at radius 3 is 2.23 bits per heavy atom. The SMILES string of the molecule is Cc1cccc(-c2cccc3cc(-c4ccccc4)cn23)c1. The molecule has 0 aliphatic heterocycles. The molecule has 1 nitrogen and oxygen atoms in total. The van der Waals surface area contributed by atoms with Crippen molar-refractivity contribution in [3.8, 4) is 22.4 Å². The highest BCUT2D eigenvalue weighted by Crippen LogP contribution is 2.27. The van der Waals surface area contributed by atoms with Crippen molar-refractivity contribution in [2.45, 2.75) is 6.92 Å². The van der Waals surface area contributed by atoms with Gasteiger partial charge in [0.05, 0.1) is 5.69 Å². The molecule has 0 bridgehead atoms. The average Bonchev–Trinajstić information content (AvgIpc) is 3.00. The van der Waals surface area contributed by atoms with Gasteiger partial charge in [0, 0.05) is 17.3 Å². The van der Waals surface area contributed by atoms with Crippen molar-refractivity contribution in [1.29, 1.82) is 0 Å². The summed E-state index contributed by atoms with van der Waals surface area (Å²) < 4.78 is 2.27. The Morgan fingerprint density at radius 2 is 1.41 bits per heavy atom. The van der Waals surface area contributed by atoms with E-state index in [1.165, 1.54) is 33.5 Å². The van der Waals surface area contributed by atoms with Crippen LogP contribution in [0.3, 0.4) is 0 Å². The van der Waals surface area contributed by atoms with Crippen LogP contribution in [0.4, 0.5) is 0 Å². The molecule has 1 heteroatoms. The number of fused-ring (bicyclic) bond motifs is 1. The number of aryl methyl sites for hydroxylation is 1. The van der Waals surface area contributed by atoms with E-state index in [0.717, 1.165) is 0 Å². The fourth-order valence-corrected chi connectivity index (χ4v) is 2.96. The van der Waals surface area contributed by atoms with E-state index in [0.29, 0.717) is 0 Å². The second-order valence-corrected chi connectivity index (χ2v) is 5.67. The predicted octanol–water partition coefficient (Wildman–Crippen LogP) is 5.58. The highest BCUT2D eigenvalue weighted by molar-refractivity contribution is 5.74. The average molecular weight is 283 g/mol. The van der Waals surface area contributed by atoms with E-state index < -0.39 is 0 Å². The molecule has 106 valence electrons. The third-order valence-corrected chi connectivity index (χ3v) is 4.05. The lowest BCUT2D eigenvalue weighted by molar-refractivity contribution is 1.20. The lowest BCUT2D eigenvalue weighted by Gasteiger charge is -2.07. The van der Waals surface area contributed by atoms with Crippen LogP contribution in [-0.2, 0) is 0 Å². The number of rotatable bonds is 2. The summed E-state index contributed by atoms with van der Waals surface area (Å²) in [6, 6.07) is 27.9. The van der Waals surface area contributed by atoms with Gasteiger partial charge < -0.3 is 4.40 Å². The van der Waals surface area contributed by atoms with E-state index >= 15 is 0 Å². The quantitative estimate of drug-likeness (QED) is 0.452. The zero-order valence-corrected chi connectivity index (χ0v) is 12.5. The number of aromatic nitrogens is 1. The number of hydrogen-bond acceptors (Lipinski definition) is 0. The van der Waals surface area contributed by atoms with Gasteiger partial charge in [-0.05, 0) is 42.3 Å². The van der Waals surface area contributed by atoms with Crippen molar-refractivity contribution in [1.82, 2.24) is 4.40 Å². The van der Waals surface area contributed by atoms with Gasteiger partial charge in [0.1, 0.15) is 0 Å². The zero-order chi connectivity index (χ0) is 14.9. The second kappa shape index (κ2) is 5.19. The highest BCUT2D eigenvalue weighted by Gasteiger charge is 2.07. The zero-order valence-electron chi connectivity index (χ0n) is 12.5. The van der Waals surface area contributed by atoms with Crippen molar-refractivity contribution in [2.75, 3.05) is 0 Å². The molecular weight excluding hydrogens is 266 g/mol. The van der Waals surface area contributed by atoms with Gasteiger partial charge in [-0.2, -0.15) is 0 Å². The normalized spacial score (nSPS) is 11.0. The van der Waals surface area contributed by atoms with Gasteiger partial charge in [-0.25, -0.2) is 0 Å². The molecule has 0 saturated heterocycles. The molecule has 4 aromatic rings. The summed E-state index contributed by atoms with van der Waals surface area (Å²) in [4.78, 5) is 0. The molecule has 0 N–H and O–H groups in total. The first-order chi connectivity index (χ1) is 10.8. The van der Waals surface area contributed by atoms with Crippen LogP contribution in [0.15, 0.2) is 85.1 Å². The molecule has 2 heterocycles. The minimum Gasteiger partial charge on any atom is -0.316 e. The predicted molar refractivity (Wildman–Crippen MR) is 93.0 cm³/mol. The van der Waals surface area contributed by atoms with Gasteiger partial charge in [-0.15, -0.1) is 0 Å². The first kappa shape index (κ1) is 12.9. The Bertz CT molecular complexity index is 932. The fraction of sp³-hybridized carbons (Fsp3) is 0.0476. The molecule has 0 aliphatic rings. The summed E-state index contributed by atoms with van der Waals surface area (Å²) in [5.74, 6) is 0. The Morgan fingerprint density at radius 1 is 0.636 bits per heavy atom. The standard InChI is InChI=1S/C21H17N/c1-16-7-5-10-18(13-16)21-12-6-11-20-14-19(15-22(20)21)17-8-3-2-4-9-17/h2-15H,1H3. The lowest BCUT2D eigenvalue weighted by atomic mass is 10.1. The van der Waals surface area contributed by atoms with E-state index in [9.17, 15) is 0 Å². The molecule has 4 rings (SSSR count). The summed E-state index contributed by atoms with van der Waals surface area (Å²) in [7, 11) is 0. The maximum absolute atomic E-state index is 2.27. The van der Waals surface area contributed by atoms with Crippen LogP contribution in [-0.4, -0.2) is 4.40 Å². The molecule has 0 amide bonds. The topological polar surface area (TPSA) is 4.41 Å². The van der Waals surface area contributed by atoms with Crippen molar-refractivity contribution in [3.05, 3.63) is 90.6 Å². The lowest BCUT2D eigenvalue weighted by Crippen LogP contribution is -1.89. The molecule has 0 unspecified atom stereocenters. The van der Waals surface area contributed by atoms with Gasteiger partial charge in [0.15, 0.2) is 0 Å². The first-order valence-electron chi connectivity index (χ1n) is 7.55. The van der Waals surface area contributed by atoms with Crippen LogP contribution >= 0.6 is 0 Å². The summed E-state index contributed by atoms with van der Waals surface area (Å²) >= 11 is 0. The molecular formula is C21H17N. The Balaban J connectivity index is 1.92. The summed E-state index contributed by atoms with van der Waals surface area (Å²) in [6.45, 7) is 2.13. The molecule has 0 fully saturated rings. The summed E-state index contributed by atoms with van der Waals surface area (Å²) in [5, 5.41) is 0. The molecule has 2 aromatic heterocycles. The second-order valence-electron chi connectivity index (χ2n) is 5.67. The van der Waals surface area contributed by atoms with E-state index in [1.54, 1.807) is 0 Å². The van der Waals surface area contributed by atoms with Crippen LogP contribution in [0, 0.1) is 6.92 Å². The van der Waals surface area contributed by atoms with E-state index in [1.807, 2.05) is 0 Å². The largest absolute Gasteiger partial charge is 0.316 e. The number of pyridine rings is 1. The monoisotopic (exact) mass is 283 g/mol. The minimum atomic E-state index is 1.22. The van der Waals surface area contributed by atoms with Crippen LogP contribution in [0.5, 0.6) is 0 Å². The molecule has 0 saturated carbocycles. The van der Waals surface area contributed by atoms with Crippen LogP contribution in [0.1, 0.15) is 5.56 Å². The number of hydrogen-bond donors (Lipinski definition) is 0. The number of nitrogens with zero attached hydrogens (tertiary/aromatic N) is 1. The van der Waals surface area contributed by atoms with Crippen molar-refractivity contribution in [3.63, 3.8) is 0 Å². The van der Waals surface area contributed by atoms with Gasteiger partial charge in [-0.1, -0.05) is 60.2 Å². The molecule has 2 aromatic carbocycles. The molecule has 0 atom stereocenters. The maximum atomic E-state index is 2.27. The molecule has 0 aliphatic carbocycles. The number of benzene rings is 2.